The van der Waals surface area contributed by atoms with Crippen LogP contribution >= 0.6 is 0 Å². The van der Waals surface area contributed by atoms with Gasteiger partial charge in [0.25, 0.3) is 0 Å². The molecule has 13 heavy (non-hydrogen) atoms. The summed E-state index contributed by atoms with van der Waals surface area (Å²) in [6.45, 7) is 3.44. The Morgan fingerprint density at radius 3 is 2.15 bits per heavy atom. The van der Waals surface area contributed by atoms with Gasteiger partial charge in [-0.1, -0.05) is 13.8 Å². The lowest BCUT2D eigenvalue weighted by Gasteiger charge is -2.20. The Hall–Kier alpha value is -0.290. The first-order valence-electron chi connectivity index (χ1n) is 4.28. The average molecular weight is 199 g/mol. The Morgan fingerprint density at radius 1 is 1.31 bits per heavy atom. The molecule has 2 nitrogen and oxygen atoms in total. The Bertz CT molecular complexity index is 136. The zero-order chi connectivity index (χ0) is 10.5. The van der Waals surface area contributed by atoms with Crippen molar-refractivity contribution in [1.29, 1.82) is 0 Å². The third-order valence-electron chi connectivity index (χ3n) is 1.82. The predicted molar refractivity (Wildman–Crippen MR) is 44.4 cm³/mol. The van der Waals surface area contributed by atoms with Gasteiger partial charge < -0.3 is 10.4 Å². The summed E-state index contributed by atoms with van der Waals surface area (Å²) in [5.41, 5.74) is 0. The van der Waals surface area contributed by atoms with Gasteiger partial charge in [0.15, 0.2) is 0 Å². The average Bonchev–Trinajstić information content (AvgIpc) is 1.95. The number of aliphatic hydroxyl groups excluding tert-OH is 1. The monoisotopic (exact) mass is 199 g/mol. The van der Waals surface area contributed by atoms with E-state index in [0.717, 1.165) is 0 Å². The molecule has 0 aliphatic rings. The summed E-state index contributed by atoms with van der Waals surface area (Å²) in [4.78, 5) is 0. The molecule has 1 atom stereocenters. The summed E-state index contributed by atoms with van der Waals surface area (Å²) < 4.78 is 35.1. The van der Waals surface area contributed by atoms with E-state index in [2.05, 4.69) is 5.32 Å². The molecule has 0 aliphatic carbocycles. The van der Waals surface area contributed by atoms with Crippen LogP contribution in [-0.2, 0) is 0 Å². The summed E-state index contributed by atoms with van der Waals surface area (Å²) in [5.74, 6) is 0.137. The van der Waals surface area contributed by atoms with Crippen LogP contribution in [0.2, 0.25) is 0 Å². The van der Waals surface area contributed by atoms with Crippen molar-refractivity contribution < 1.29 is 18.3 Å². The van der Waals surface area contributed by atoms with Gasteiger partial charge in [-0.3, -0.25) is 0 Å². The fourth-order valence-electron chi connectivity index (χ4n) is 0.910. The van der Waals surface area contributed by atoms with Crippen LogP contribution < -0.4 is 5.32 Å². The van der Waals surface area contributed by atoms with E-state index in [4.69, 9.17) is 5.11 Å². The summed E-state index contributed by atoms with van der Waals surface area (Å²) in [7, 11) is 0. The Kier molecular flexibility index (Phi) is 5.32. The first kappa shape index (κ1) is 12.7. The van der Waals surface area contributed by atoms with Gasteiger partial charge in [-0.25, -0.2) is 0 Å². The number of aliphatic hydroxyl groups is 1. The molecular formula is C8H16F3NO. The maximum Gasteiger partial charge on any atom is 0.390 e. The zero-order valence-corrected chi connectivity index (χ0v) is 7.86. The van der Waals surface area contributed by atoms with E-state index in [0.29, 0.717) is 0 Å². The van der Waals surface area contributed by atoms with Crippen LogP contribution in [0, 0.1) is 5.92 Å². The smallest absolute Gasteiger partial charge is 0.390 e. The third-order valence-corrected chi connectivity index (χ3v) is 1.82. The molecule has 0 heterocycles. The zero-order valence-electron chi connectivity index (χ0n) is 7.86. The van der Waals surface area contributed by atoms with Crippen LogP contribution in [0.4, 0.5) is 13.2 Å². The molecule has 2 N–H and O–H groups in total. The number of halogens is 3. The molecular weight excluding hydrogens is 183 g/mol. The van der Waals surface area contributed by atoms with Gasteiger partial charge >= 0.3 is 6.18 Å². The van der Waals surface area contributed by atoms with Crippen molar-refractivity contribution in [2.45, 2.75) is 32.5 Å². The molecule has 0 saturated carbocycles. The van der Waals surface area contributed by atoms with Crippen molar-refractivity contribution in [2.75, 3.05) is 13.2 Å². The van der Waals surface area contributed by atoms with E-state index in [1.54, 1.807) is 0 Å². The number of rotatable bonds is 5. The van der Waals surface area contributed by atoms with E-state index < -0.39 is 12.6 Å². The first-order valence-corrected chi connectivity index (χ1v) is 4.28. The van der Waals surface area contributed by atoms with Gasteiger partial charge in [0, 0.05) is 12.6 Å². The lowest BCUT2D eigenvalue weighted by Crippen LogP contribution is -2.38. The highest BCUT2D eigenvalue weighted by molar-refractivity contribution is 4.69. The molecule has 0 spiro atoms. The van der Waals surface area contributed by atoms with Crippen LogP contribution in [0.1, 0.15) is 20.3 Å². The van der Waals surface area contributed by atoms with Crippen LogP contribution in [0.3, 0.4) is 0 Å². The third kappa shape index (κ3) is 6.83. The highest BCUT2D eigenvalue weighted by atomic mass is 19.4. The minimum Gasteiger partial charge on any atom is -0.395 e. The highest BCUT2D eigenvalue weighted by Gasteiger charge is 2.26. The Labute approximate surface area is 76.1 Å². The SMILES string of the molecule is CC(C)C(CO)NCCC(F)(F)F. The van der Waals surface area contributed by atoms with Crippen molar-refractivity contribution in [3.63, 3.8) is 0 Å². The van der Waals surface area contributed by atoms with Gasteiger partial charge in [0.05, 0.1) is 13.0 Å². The van der Waals surface area contributed by atoms with Crippen molar-refractivity contribution in [2.24, 2.45) is 5.92 Å². The van der Waals surface area contributed by atoms with E-state index in [-0.39, 0.29) is 25.1 Å². The standard InChI is InChI=1S/C8H16F3NO/c1-6(2)7(5-13)12-4-3-8(9,10)11/h6-7,12-13H,3-5H2,1-2H3. The number of hydrogen-bond acceptors (Lipinski definition) is 2. The van der Waals surface area contributed by atoms with E-state index >= 15 is 0 Å². The maximum absolute atomic E-state index is 11.7. The lowest BCUT2D eigenvalue weighted by atomic mass is 10.1. The molecule has 80 valence electrons. The fraction of sp³-hybridized carbons (Fsp3) is 1.00. The number of hydrogen-bond donors (Lipinski definition) is 2. The second kappa shape index (κ2) is 5.44. The van der Waals surface area contributed by atoms with E-state index in [1.165, 1.54) is 0 Å². The van der Waals surface area contributed by atoms with Crippen molar-refractivity contribution in [3.05, 3.63) is 0 Å². The molecule has 0 aliphatic heterocycles. The largest absolute Gasteiger partial charge is 0.395 e. The maximum atomic E-state index is 11.7. The molecule has 0 bridgehead atoms. The van der Waals surface area contributed by atoms with Crippen molar-refractivity contribution in [1.82, 2.24) is 5.32 Å². The van der Waals surface area contributed by atoms with E-state index in [1.807, 2.05) is 13.8 Å². The molecule has 1 unspecified atom stereocenters. The molecule has 5 heteroatoms. The number of nitrogens with one attached hydrogen (secondary N) is 1. The summed E-state index contributed by atoms with van der Waals surface area (Å²) in [6.07, 6.45) is -4.97. The van der Waals surface area contributed by atoms with Crippen molar-refractivity contribution in [3.8, 4) is 0 Å². The minimum absolute atomic E-state index is 0.129. The second-order valence-electron chi connectivity index (χ2n) is 3.35. The Morgan fingerprint density at radius 2 is 1.85 bits per heavy atom. The molecule has 0 aromatic heterocycles. The van der Waals surface area contributed by atoms with Gasteiger partial charge in [-0.05, 0) is 5.92 Å². The molecule has 0 aromatic carbocycles. The molecule has 0 fully saturated rings. The first-order chi connectivity index (χ1) is 5.87. The molecule has 0 saturated heterocycles. The van der Waals surface area contributed by atoms with Gasteiger partial charge in [-0.2, -0.15) is 13.2 Å². The molecule has 0 amide bonds. The molecule has 0 rings (SSSR count). The van der Waals surface area contributed by atoms with Crippen molar-refractivity contribution >= 4 is 0 Å². The lowest BCUT2D eigenvalue weighted by molar-refractivity contribution is -0.133. The van der Waals surface area contributed by atoms with Gasteiger partial charge in [0.2, 0.25) is 0 Å². The molecule has 0 radical (unpaired) electrons. The van der Waals surface area contributed by atoms with Crippen LogP contribution in [0.5, 0.6) is 0 Å². The summed E-state index contributed by atoms with van der Waals surface area (Å²) in [6, 6.07) is -0.248. The topological polar surface area (TPSA) is 32.3 Å². The summed E-state index contributed by atoms with van der Waals surface area (Å²) in [5, 5.41) is 11.4. The fourth-order valence-corrected chi connectivity index (χ4v) is 0.910. The highest BCUT2D eigenvalue weighted by Crippen LogP contribution is 2.18. The predicted octanol–water partition coefficient (Wildman–Crippen LogP) is 1.55. The number of alkyl halides is 3. The molecule has 0 aromatic rings. The van der Waals surface area contributed by atoms with Crippen LogP contribution in [0.25, 0.3) is 0 Å². The van der Waals surface area contributed by atoms with Crippen LogP contribution in [-0.4, -0.2) is 30.5 Å². The second-order valence-corrected chi connectivity index (χ2v) is 3.35. The van der Waals surface area contributed by atoms with Crippen LogP contribution in [0.15, 0.2) is 0 Å². The Balaban J connectivity index is 3.62. The van der Waals surface area contributed by atoms with Gasteiger partial charge in [-0.15, -0.1) is 0 Å². The van der Waals surface area contributed by atoms with E-state index in [9.17, 15) is 13.2 Å². The van der Waals surface area contributed by atoms with Gasteiger partial charge in [0.1, 0.15) is 0 Å². The quantitative estimate of drug-likeness (QED) is 0.704. The minimum atomic E-state index is -4.12. The normalized spacial score (nSPS) is 15.0. The summed E-state index contributed by atoms with van der Waals surface area (Å²) >= 11 is 0.